The standard InChI is InChI=1S/C12H17N5/c1-8(9-2-4-13-5-3-9)10-6-11-12(14-7-10)16-17-15-11/h6-9,13H,2-5H2,1H3,(H,14,15,16,17). The smallest absolute Gasteiger partial charge is 0.201 e. The average molecular weight is 231 g/mol. The van der Waals surface area contributed by atoms with E-state index in [4.69, 9.17) is 0 Å². The van der Waals surface area contributed by atoms with Gasteiger partial charge in [0.1, 0.15) is 5.52 Å². The molecule has 1 unspecified atom stereocenters. The van der Waals surface area contributed by atoms with Crippen LogP contribution >= 0.6 is 0 Å². The van der Waals surface area contributed by atoms with Gasteiger partial charge in [-0.05, 0) is 49.4 Å². The van der Waals surface area contributed by atoms with Crippen molar-refractivity contribution < 1.29 is 0 Å². The number of rotatable bonds is 2. The van der Waals surface area contributed by atoms with Crippen molar-refractivity contribution in [2.24, 2.45) is 5.92 Å². The highest BCUT2D eigenvalue weighted by Gasteiger charge is 2.21. The van der Waals surface area contributed by atoms with E-state index in [1.54, 1.807) is 0 Å². The Labute approximate surface area is 100 Å². The van der Waals surface area contributed by atoms with Gasteiger partial charge in [0.15, 0.2) is 0 Å². The molecule has 1 aliphatic rings. The summed E-state index contributed by atoms with van der Waals surface area (Å²) in [5.74, 6) is 1.30. The summed E-state index contributed by atoms with van der Waals surface area (Å²) in [5, 5.41) is 14.1. The summed E-state index contributed by atoms with van der Waals surface area (Å²) in [5.41, 5.74) is 2.84. The minimum absolute atomic E-state index is 0.547. The second kappa shape index (κ2) is 4.41. The maximum atomic E-state index is 4.34. The lowest BCUT2D eigenvalue weighted by molar-refractivity contribution is 0.330. The first-order valence-corrected chi connectivity index (χ1v) is 6.22. The number of aromatic nitrogens is 4. The predicted octanol–water partition coefficient (Wildman–Crippen LogP) is 1.46. The summed E-state index contributed by atoms with van der Waals surface area (Å²) < 4.78 is 0. The molecular formula is C12H17N5. The number of pyridine rings is 1. The minimum Gasteiger partial charge on any atom is -0.317 e. The summed E-state index contributed by atoms with van der Waals surface area (Å²) in [4.78, 5) is 4.34. The number of hydrogen-bond acceptors (Lipinski definition) is 4. The summed E-state index contributed by atoms with van der Waals surface area (Å²) in [6.07, 6.45) is 4.44. The number of fused-ring (bicyclic) bond motifs is 1. The van der Waals surface area contributed by atoms with Crippen LogP contribution < -0.4 is 5.32 Å². The van der Waals surface area contributed by atoms with Crippen LogP contribution in [0.25, 0.3) is 11.2 Å². The van der Waals surface area contributed by atoms with Gasteiger partial charge >= 0.3 is 0 Å². The summed E-state index contributed by atoms with van der Waals surface area (Å²) in [6.45, 7) is 4.56. The van der Waals surface area contributed by atoms with Crippen LogP contribution in [0, 0.1) is 5.92 Å². The molecule has 3 rings (SSSR count). The molecule has 17 heavy (non-hydrogen) atoms. The molecule has 5 heteroatoms. The first kappa shape index (κ1) is 10.7. The summed E-state index contributed by atoms with van der Waals surface area (Å²) >= 11 is 0. The van der Waals surface area contributed by atoms with Gasteiger partial charge in [-0.2, -0.15) is 10.3 Å². The second-order valence-corrected chi connectivity index (χ2v) is 4.81. The third-order valence-corrected chi connectivity index (χ3v) is 3.81. The summed E-state index contributed by atoms with van der Waals surface area (Å²) in [6, 6.07) is 2.11. The molecule has 2 aromatic heterocycles. The molecule has 2 aromatic rings. The van der Waals surface area contributed by atoms with Gasteiger partial charge < -0.3 is 5.32 Å². The predicted molar refractivity (Wildman–Crippen MR) is 65.7 cm³/mol. The van der Waals surface area contributed by atoms with Gasteiger partial charge in [-0.15, -0.1) is 5.10 Å². The van der Waals surface area contributed by atoms with Crippen molar-refractivity contribution in [3.05, 3.63) is 17.8 Å². The fraction of sp³-hybridized carbons (Fsp3) is 0.583. The Hall–Kier alpha value is -1.49. The fourth-order valence-electron chi connectivity index (χ4n) is 2.62. The lowest BCUT2D eigenvalue weighted by atomic mass is 9.82. The maximum absolute atomic E-state index is 4.34. The lowest BCUT2D eigenvalue weighted by Gasteiger charge is -2.28. The summed E-state index contributed by atoms with van der Waals surface area (Å²) in [7, 11) is 0. The lowest BCUT2D eigenvalue weighted by Crippen LogP contribution is -2.30. The maximum Gasteiger partial charge on any atom is 0.201 e. The van der Waals surface area contributed by atoms with Crippen LogP contribution in [0.2, 0.25) is 0 Å². The fourth-order valence-corrected chi connectivity index (χ4v) is 2.62. The van der Waals surface area contributed by atoms with Crippen molar-refractivity contribution in [3.8, 4) is 0 Å². The third kappa shape index (κ3) is 2.02. The van der Waals surface area contributed by atoms with Crippen LogP contribution in [0.1, 0.15) is 31.2 Å². The van der Waals surface area contributed by atoms with Crippen LogP contribution in [-0.4, -0.2) is 33.5 Å². The van der Waals surface area contributed by atoms with Gasteiger partial charge in [0.05, 0.1) is 0 Å². The highest BCUT2D eigenvalue weighted by Crippen LogP contribution is 2.30. The van der Waals surface area contributed by atoms with Crippen LogP contribution in [0.3, 0.4) is 0 Å². The van der Waals surface area contributed by atoms with Crippen LogP contribution in [0.4, 0.5) is 0 Å². The van der Waals surface area contributed by atoms with Crippen molar-refractivity contribution >= 4 is 11.2 Å². The Balaban J connectivity index is 1.86. The minimum atomic E-state index is 0.547. The topological polar surface area (TPSA) is 66.5 Å². The molecule has 1 saturated heterocycles. The molecule has 0 aromatic carbocycles. The highest BCUT2D eigenvalue weighted by molar-refractivity contribution is 5.69. The second-order valence-electron chi connectivity index (χ2n) is 4.81. The zero-order valence-electron chi connectivity index (χ0n) is 9.98. The monoisotopic (exact) mass is 231 g/mol. The van der Waals surface area contributed by atoms with E-state index in [1.165, 1.54) is 18.4 Å². The Kier molecular flexibility index (Phi) is 2.76. The first-order chi connectivity index (χ1) is 8.34. The van der Waals surface area contributed by atoms with E-state index >= 15 is 0 Å². The molecule has 3 heterocycles. The largest absolute Gasteiger partial charge is 0.317 e. The van der Waals surface area contributed by atoms with Crippen molar-refractivity contribution in [2.75, 3.05) is 13.1 Å². The van der Waals surface area contributed by atoms with E-state index in [9.17, 15) is 0 Å². The number of H-pyrrole nitrogens is 1. The average Bonchev–Trinajstić information content (AvgIpc) is 2.86. The van der Waals surface area contributed by atoms with Gasteiger partial charge in [0, 0.05) is 6.20 Å². The number of piperidine rings is 1. The van der Waals surface area contributed by atoms with Crippen molar-refractivity contribution in [1.29, 1.82) is 0 Å². The van der Waals surface area contributed by atoms with Gasteiger partial charge in [-0.25, -0.2) is 4.98 Å². The molecule has 2 N–H and O–H groups in total. The first-order valence-electron chi connectivity index (χ1n) is 6.22. The Morgan fingerprint density at radius 2 is 2.12 bits per heavy atom. The molecular weight excluding hydrogens is 214 g/mol. The molecule has 90 valence electrons. The van der Waals surface area contributed by atoms with Crippen LogP contribution in [0.5, 0.6) is 0 Å². The van der Waals surface area contributed by atoms with E-state index in [2.05, 4.69) is 38.7 Å². The van der Waals surface area contributed by atoms with Crippen molar-refractivity contribution in [3.63, 3.8) is 0 Å². The highest BCUT2D eigenvalue weighted by atomic mass is 15.3. The van der Waals surface area contributed by atoms with E-state index < -0.39 is 0 Å². The normalized spacial score (nSPS) is 19.6. The van der Waals surface area contributed by atoms with Gasteiger partial charge in [-0.3, -0.25) is 0 Å². The molecule has 0 saturated carbocycles. The van der Waals surface area contributed by atoms with Gasteiger partial charge in [0.2, 0.25) is 5.65 Å². The molecule has 5 nitrogen and oxygen atoms in total. The third-order valence-electron chi connectivity index (χ3n) is 3.81. The molecule has 0 amide bonds. The van der Waals surface area contributed by atoms with Gasteiger partial charge in [0.25, 0.3) is 0 Å². The Morgan fingerprint density at radius 3 is 2.94 bits per heavy atom. The number of nitrogens with one attached hydrogen (secondary N) is 2. The quantitative estimate of drug-likeness (QED) is 0.821. The number of aromatic amines is 1. The van der Waals surface area contributed by atoms with E-state index in [0.29, 0.717) is 11.6 Å². The van der Waals surface area contributed by atoms with Crippen LogP contribution in [0.15, 0.2) is 12.3 Å². The zero-order chi connectivity index (χ0) is 11.7. The molecule has 0 radical (unpaired) electrons. The van der Waals surface area contributed by atoms with Gasteiger partial charge in [-0.1, -0.05) is 6.92 Å². The van der Waals surface area contributed by atoms with Crippen LogP contribution in [-0.2, 0) is 0 Å². The molecule has 1 atom stereocenters. The number of nitrogens with zero attached hydrogens (tertiary/aromatic N) is 3. The molecule has 1 fully saturated rings. The molecule has 0 aliphatic carbocycles. The molecule has 1 aliphatic heterocycles. The Morgan fingerprint density at radius 1 is 1.29 bits per heavy atom. The number of hydrogen-bond donors (Lipinski definition) is 2. The van der Waals surface area contributed by atoms with E-state index in [0.717, 1.165) is 24.5 Å². The molecule has 0 spiro atoms. The van der Waals surface area contributed by atoms with E-state index in [1.807, 2.05) is 6.20 Å². The van der Waals surface area contributed by atoms with Crippen molar-refractivity contribution in [2.45, 2.75) is 25.7 Å². The van der Waals surface area contributed by atoms with Crippen molar-refractivity contribution in [1.82, 2.24) is 25.7 Å². The Bertz CT molecular complexity index is 500. The van der Waals surface area contributed by atoms with E-state index in [-0.39, 0.29) is 0 Å². The SMILES string of the molecule is CC(c1cnc2n[nH]nc2c1)C1CCNCC1. The molecule has 0 bridgehead atoms. The zero-order valence-corrected chi connectivity index (χ0v) is 9.98.